The van der Waals surface area contributed by atoms with Crippen molar-refractivity contribution < 1.29 is 23.9 Å². The molecule has 0 aromatic heterocycles. The maximum absolute atomic E-state index is 12.1. The van der Waals surface area contributed by atoms with Gasteiger partial charge in [-0.15, -0.1) is 0 Å². The Morgan fingerprint density at radius 2 is 1.25 bits per heavy atom. The number of hydrogen-bond acceptors (Lipinski definition) is 5. The number of Topliss-reactive ketones (excluding diaryl/α,β-unsaturated/α-hetero) is 1. The van der Waals surface area contributed by atoms with Gasteiger partial charge in [0.25, 0.3) is 5.79 Å². The first-order chi connectivity index (χ1) is 11.4. The van der Waals surface area contributed by atoms with Crippen LogP contribution in [0.15, 0.2) is 0 Å². The number of carbonyl (C=O) groups is 3. The number of ketones is 1. The summed E-state index contributed by atoms with van der Waals surface area (Å²) in [5.41, 5.74) is 0. The Labute approximate surface area is 145 Å². The molecule has 0 unspecified atom stereocenters. The standard InChI is InChI=1S/C19H32O5/c1-4-5-6-7-8-9-10-11-12-13-14-15(20)16-17(21)23-19(2,3)24-18(16)22/h16H,4-14H2,1-3H3. The highest BCUT2D eigenvalue weighted by molar-refractivity contribution is 6.15. The molecule has 1 aliphatic rings. The van der Waals surface area contributed by atoms with E-state index >= 15 is 0 Å². The van der Waals surface area contributed by atoms with Gasteiger partial charge >= 0.3 is 11.9 Å². The normalized spacial score (nSPS) is 17.5. The average Bonchev–Trinajstić information content (AvgIpc) is 2.47. The number of carbonyl (C=O) groups excluding carboxylic acids is 3. The maximum Gasteiger partial charge on any atom is 0.331 e. The van der Waals surface area contributed by atoms with Gasteiger partial charge in [0.05, 0.1) is 0 Å². The summed E-state index contributed by atoms with van der Waals surface area (Å²) in [5, 5.41) is 0. The van der Waals surface area contributed by atoms with E-state index in [-0.39, 0.29) is 12.2 Å². The van der Waals surface area contributed by atoms with Crippen LogP contribution in [0, 0.1) is 5.92 Å². The van der Waals surface area contributed by atoms with Gasteiger partial charge in [0.15, 0.2) is 5.78 Å². The molecule has 1 saturated heterocycles. The molecule has 1 heterocycles. The fourth-order valence-corrected chi connectivity index (χ4v) is 2.91. The molecular weight excluding hydrogens is 308 g/mol. The molecule has 0 bridgehead atoms. The number of rotatable bonds is 12. The van der Waals surface area contributed by atoms with Gasteiger partial charge in [-0.25, -0.2) is 0 Å². The Balaban J connectivity index is 2.12. The highest BCUT2D eigenvalue weighted by atomic mass is 16.7. The van der Waals surface area contributed by atoms with E-state index in [0.29, 0.717) is 6.42 Å². The maximum atomic E-state index is 12.1. The number of hydrogen-bond donors (Lipinski definition) is 0. The predicted octanol–water partition coefficient (Wildman–Crippen LogP) is 4.32. The molecule has 0 atom stereocenters. The van der Waals surface area contributed by atoms with Crippen LogP contribution in [-0.2, 0) is 23.9 Å². The molecule has 0 spiro atoms. The third kappa shape index (κ3) is 7.45. The molecule has 1 aliphatic heterocycles. The topological polar surface area (TPSA) is 69.7 Å². The SMILES string of the molecule is CCCCCCCCCCCCC(=O)C1C(=O)OC(C)(C)OC1=O. The Bertz CT molecular complexity index is 407. The zero-order valence-corrected chi connectivity index (χ0v) is 15.4. The van der Waals surface area contributed by atoms with E-state index in [1.165, 1.54) is 58.8 Å². The summed E-state index contributed by atoms with van der Waals surface area (Å²) in [6.45, 7) is 5.17. The van der Waals surface area contributed by atoms with Crippen LogP contribution in [0.5, 0.6) is 0 Å². The molecule has 5 heteroatoms. The first kappa shape index (κ1) is 20.7. The van der Waals surface area contributed by atoms with Crippen molar-refractivity contribution in [3.05, 3.63) is 0 Å². The minimum Gasteiger partial charge on any atom is -0.422 e. The van der Waals surface area contributed by atoms with Crippen molar-refractivity contribution >= 4 is 17.7 Å². The van der Waals surface area contributed by atoms with E-state index in [2.05, 4.69) is 6.92 Å². The van der Waals surface area contributed by atoms with Crippen molar-refractivity contribution in [1.82, 2.24) is 0 Å². The Hall–Kier alpha value is -1.39. The van der Waals surface area contributed by atoms with Gasteiger partial charge in [-0.3, -0.25) is 14.4 Å². The number of unbranched alkanes of at least 4 members (excludes halogenated alkanes) is 9. The second-order valence-electron chi connectivity index (χ2n) is 7.07. The second kappa shape index (κ2) is 10.5. The van der Waals surface area contributed by atoms with Crippen LogP contribution < -0.4 is 0 Å². The van der Waals surface area contributed by atoms with Crippen molar-refractivity contribution in [3.8, 4) is 0 Å². The first-order valence-corrected chi connectivity index (χ1v) is 9.36. The molecule has 0 aromatic carbocycles. The monoisotopic (exact) mass is 340 g/mol. The van der Waals surface area contributed by atoms with Gasteiger partial charge in [-0.05, 0) is 6.42 Å². The molecule has 0 radical (unpaired) electrons. The van der Waals surface area contributed by atoms with Gasteiger partial charge in [-0.2, -0.15) is 0 Å². The van der Waals surface area contributed by atoms with E-state index < -0.39 is 23.6 Å². The molecule has 0 N–H and O–H groups in total. The van der Waals surface area contributed by atoms with Crippen molar-refractivity contribution in [2.24, 2.45) is 5.92 Å². The van der Waals surface area contributed by atoms with Crippen LogP contribution in [0.2, 0.25) is 0 Å². The predicted molar refractivity (Wildman–Crippen MR) is 91.2 cm³/mol. The lowest BCUT2D eigenvalue weighted by molar-refractivity contribution is -0.238. The van der Waals surface area contributed by atoms with Crippen molar-refractivity contribution in [2.75, 3.05) is 0 Å². The van der Waals surface area contributed by atoms with Gasteiger partial charge in [-0.1, -0.05) is 64.7 Å². The summed E-state index contributed by atoms with van der Waals surface area (Å²) in [7, 11) is 0. The zero-order valence-electron chi connectivity index (χ0n) is 15.4. The van der Waals surface area contributed by atoms with Gasteiger partial charge < -0.3 is 9.47 Å². The summed E-state index contributed by atoms with van der Waals surface area (Å²) >= 11 is 0. The highest BCUT2D eigenvalue weighted by Gasteiger charge is 2.46. The molecule has 5 nitrogen and oxygen atoms in total. The lowest BCUT2D eigenvalue weighted by Crippen LogP contribution is -2.49. The average molecular weight is 340 g/mol. The summed E-state index contributed by atoms with van der Waals surface area (Å²) in [6, 6.07) is 0. The molecule has 24 heavy (non-hydrogen) atoms. The Kier molecular flexibility index (Phi) is 9.01. The van der Waals surface area contributed by atoms with Crippen molar-refractivity contribution in [1.29, 1.82) is 0 Å². The van der Waals surface area contributed by atoms with Gasteiger partial charge in [0, 0.05) is 20.3 Å². The second-order valence-corrected chi connectivity index (χ2v) is 7.07. The van der Waals surface area contributed by atoms with Crippen LogP contribution >= 0.6 is 0 Å². The van der Waals surface area contributed by atoms with E-state index in [1.807, 2.05) is 0 Å². The van der Waals surface area contributed by atoms with Crippen LogP contribution in [0.1, 0.15) is 91.4 Å². The summed E-state index contributed by atoms with van der Waals surface area (Å²) < 4.78 is 9.95. The molecule has 0 aromatic rings. The quantitative estimate of drug-likeness (QED) is 0.301. The van der Waals surface area contributed by atoms with Crippen LogP contribution in [0.3, 0.4) is 0 Å². The molecular formula is C19H32O5. The molecule has 0 amide bonds. The lowest BCUT2D eigenvalue weighted by atomic mass is 9.97. The van der Waals surface area contributed by atoms with Crippen LogP contribution in [0.4, 0.5) is 0 Å². The molecule has 1 fully saturated rings. The summed E-state index contributed by atoms with van der Waals surface area (Å²) in [5.74, 6) is -4.62. The smallest absolute Gasteiger partial charge is 0.331 e. The third-order valence-electron chi connectivity index (χ3n) is 4.26. The van der Waals surface area contributed by atoms with Crippen molar-refractivity contribution in [3.63, 3.8) is 0 Å². The first-order valence-electron chi connectivity index (χ1n) is 9.36. The van der Waals surface area contributed by atoms with E-state index in [1.54, 1.807) is 0 Å². The van der Waals surface area contributed by atoms with Crippen LogP contribution in [-0.4, -0.2) is 23.5 Å². The summed E-state index contributed by atoms with van der Waals surface area (Å²) in [4.78, 5) is 35.7. The third-order valence-corrected chi connectivity index (χ3v) is 4.26. The zero-order chi connectivity index (χ0) is 18.0. The van der Waals surface area contributed by atoms with E-state index in [9.17, 15) is 14.4 Å². The number of cyclic esters (lactones) is 2. The fourth-order valence-electron chi connectivity index (χ4n) is 2.91. The Morgan fingerprint density at radius 3 is 1.71 bits per heavy atom. The largest absolute Gasteiger partial charge is 0.422 e. The number of ether oxygens (including phenoxy) is 2. The molecule has 138 valence electrons. The van der Waals surface area contributed by atoms with E-state index in [0.717, 1.165) is 12.8 Å². The van der Waals surface area contributed by atoms with Gasteiger partial charge in [0.2, 0.25) is 5.92 Å². The molecule has 1 rings (SSSR count). The Morgan fingerprint density at radius 1 is 0.833 bits per heavy atom. The minimum absolute atomic E-state index is 0.228. The van der Waals surface area contributed by atoms with Crippen LogP contribution in [0.25, 0.3) is 0 Å². The lowest BCUT2D eigenvalue weighted by Gasteiger charge is -2.32. The van der Waals surface area contributed by atoms with Crippen molar-refractivity contribution in [2.45, 2.75) is 97.2 Å². The summed E-state index contributed by atoms with van der Waals surface area (Å²) in [6.07, 6.45) is 11.9. The molecule has 0 saturated carbocycles. The fraction of sp³-hybridized carbons (Fsp3) is 0.842. The highest BCUT2D eigenvalue weighted by Crippen LogP contribution is 2.25. The minimum atomic E-state index is -1.39. The number of esters is 2. The van der Waals surface area contributed by atoms with E-state index in [4.69, 9.17) is 9.47 Å². The molecule has 0 aliphatic carbocycles. The van der Waals surface area contributed by atoms with Gasteiger partial charge in [0.1, 0.15) is 0 Å².